The maximum absolute atomic E-state index is 12.5. The molecule has 4 rings (SSSR count). The molecule has 0 saturated heterocycles. The molecule has 0 saturated carbocycles. The number of nitrogens with one attached hydrogen (secondary N) is 1. The summed E-state index contributed by atoms with van der Waals surface area (Å²) in [6, 6.07) is 7.93. The van der Waals surface area contributed by atoms with Gasteiger partial charge in [-0.05, 0) is 37.5 Å². The van der Waals surface area contributed by atoms with E-state index in [4.69, 9.17) is 9.47 Å². The van der Waals surface area contributed by atoms with Crippen LogP contribution in [0.15, 0.2) is 40.7 Å². The Labute approximate surface area is 134 Å². The molecule has 3 aliphatic rings. The fourth-order valence-electron chi connectivity index (χ4n) is 3.56. The van der Waals surface area contributed by atoms with Gasteiger partial charge >= 0.3 is 0 Å². The number of ether oxygens (including phenoxy) is 2. The summed E-state index contributed by atoms with van der Waals surface area (Å²) in [7, 11) is 0. The summed E-state index contributed by atoms with van der Waals surface area (Å²) in [5.41, 5.74) is 4.01. The van der Waals surface area contributed by atoms with Crippen molar-refractivity contribution in [3.05, 3.63) is 46.3 Å². The van der Waals surface area contributed by atoms with Crippen LogP contribution in [0.1, 0.15) is 37.7 Å². The fourth-order valence-corrected chi connectivity index (χ4v) is 3.56. The number of carbonyl (C=O) groups is 1. The number of allylic oxidation sites excluding steroid dienone is 4. The van der Waals surface area contributed by atoms with E-state index in [1.807, 2.05) is 25.1 Å². The average Bonchev–Trinajstić information content (AvgIpc) is 3.01. The van der Waals surface area contributed by atoms with Gasteiger partial charge in [-0.15, -0.1) is 0 Å². The van der Waals surface area contributed by atoms with Crippen molar-refractivity contribution < 1.29 is 14.3 Å². The summed E-state index contributed by atoms with van der Waals surface area (Å²) in [4.78, 5) is 12.5. The van der Waals surface area contributed by atoms with Crippen LogP contribution in [0.5, 0.6) is 11.5 Å². The second kappa shape index (κ2) is 5.17. The number of benzene rings is 1. The van der Waals surface area contributed by atoms with Gasteiger partial charge in [0, 0.05) is 23.4 Å². The largest absolute Gasteiger partial charge is 0.454 e. The summed E-state index contributed by atoms with van der Waals surface area (Å²) in [6.45, 7) is 2.10. The first-order valence-electron chi connectivity index (χ1n) is 7.72. The third-order valence-electron chi connectivity index (χ3n) is 4.63. The van der Waals surface area contributed by atoms with Gasteiger partial charge in [0.05, 0.1) is 17.6 Å². The van der Waals surface area contributed by atoms with Crippen LogP contribution >= 0.6 is 0 Å². The smallest absolute Gasteiger partial charge is 0.231 e. The number of fused-ring (bicyclic) bond motifs is 1. The standard InChI is InChI=1S/C18H16N2O3/c1-10-12(8-19)17(18-13(20-10)3-2-4-14(18)21)11-5-6-15-16(7-11)23-9-22-15/h5-7,17,20H,2-4,9H2,1H3/t17-/m0/s1. The third-order valence-corrected chi connectivity index (χ3v) is 4.63. The molecule has 23 heavy (non-hydrogen) atoms. The van der Waals surface area contributed by atoms with Gasteiger partial charge in [0.1, 0.15) is 0 Å². The molecule has 1 N–H and O–H groups in total. The molecular weight excluding hydrogens is 292 g/mol. The Kier molecular flexibility index (Phi) is 3.12. The number of rotatable bonds is 1. The van der Waals surface area contributed by atoms with Crippen LogP contribution in [0.3, 0.4) is 0 Å². The molecule has 1 aromatic rings. The number of nitriles is 1. The van der Waals surface area contributed by atoms with Crippen LogP contribution in [0.4, 0.5) is 0 Å². The molecule has 2 aliphatic heterocycles. The van der Waals surface area contributed by atoms with E-state index >= 15 is 0 Å². The number of nitrogens with zero attached hydrogens (tertiary/aromatic N) is 1. The molecule has 0 amide bonds. The van der Waals surface area contributed by atoms with E-state index in [9.17, 15) is 10.1 Å². The molecule has 2 heterocycles. The van der Waals surface area contributed by atoms with Gasteiger partial charge in [0.25, 0.3) is 0 Å². The molecule has 116 valence electrons. The Balaban J connectivity index is 1.88. The van der Waals surface area contributed by atoms with Crippen LogP contribution in [0.25, 0.3) is 0 Å². The van der Waals surface area contributed by atoms with E-state index < -0.39 is 0 Å². The molecule has 1 atom stereocenters. The van der Waals surface area contributed by atoms with Crippen molar-refractivity contribution in [1.29, 1.82) is 5.26 Å². The van der Waals surface area contributed by atoms with E-state index in [0.717, 1.165) is 35.4 Å². The van der Waals surface area contributed by atoms with Gasteiger partial charge in [-0.3, -0.25) is 4.79 Å². The summed E-state index contributed by atoms with van der Waals surface area (Å²) < 4.78 is 10.8. The molecule has 0 bridgehead atoms. The second-order valence-corrected chi connectivity index (χ2v) is 5.99. The van der Waals surface area contributed by atoms with Gasteiger partial charge in [-0.1, -0.05) is 6.07 Å². The second-order valence-electron chi connectivity index (χ2n) is 5.99. The van der Waals surface area contributed by atoms with E-state index in [1.54, 1.807) is 0 Å². The Morgan fingerprint density at radius 2 is 2.09 bits per heavy atom. The molecule has 1 aromatic carbocycles. The van der Waals surface area contributed by atoms with E-state index in [1.165, 1.54) is 0 Å². The van der Waals surface area contributed by atoms with E-state index in [0.29, 0.717) is 23.5 Å². The van der Waals surface area contributed by atoms with Crippen molar-refractivity contribution in [2.75, 3.05) is 6.79 Å². The van der Waals surface area contributed by atoms with Crippen molar-refractivity contribution in [3.8, 4) is 17.6 Å². The van der Waals surface area contributed by atoms with Crippen molar-refractivity contribution in [2.24, 2.45) is 0 Å². The highest BCUT2D eigenvalue weighted by Gasteiger charge is 2.36. The summed E-state index contributed by atoms with van der Waals surface area (Å²) >= 11 is 0. The maximum Gasteiger partial charge on any atom is 0.231 e. The molecule has 0 spiro atoms. The predicted octanol–water partition coefficient (Wildman–Crippen LogP) is 2.91. The highest BCUT2D eigenvalue weighted by Crippen LogP contribution is 2.44. The number of hydrogen-bond acceptors (Lipinski definition) is 5. The number of Topliss-reactive ketones (excluding diaryl/α,β-unsaturated/α-hetero) is 1. The summed E-state index contributed by atoms with van der Waals surface area (Å²) in [5, 5.41) is 12.9. The number of dihydropyridines is 1. The van der Waals surface area contributed by atoms with Crippen LogP contribution < -0.4 is 14.8 Å². The van der Waals surface area contributed by atoms with Crippen molar-refractivity contribution in [3.63, 3.8) is 0 Å². The normalized spacial score (nSPS) is 22.6. The van der Waals surface area contributed by atoms with Crippen molar-refractivity contribution >= 4 is 5.78 Å². The average molecular weight is 308 g/mol. The first kappa shape index (κ1) is 13.9. The van der Waals surface area contributed by atoms with Gasteiger partial charge in [0.15, 0.2) is 17.3 Å². The van der Waals surface area contributed by atoms with Crippen LogP contribution in [-0.2, 0) is 4.79 Å². The SMILES string of the molecule is CC1=C(C#N)[C@H](c2ccc3c(c2)OCO3)C2=C(CCCC2=O)N1. The minimum absolute atomic E-state index is 0.127. The fraction of sp³-hybridized carbons (Fsp3) is 0.333. The summed E-state index contributed by atoms with van der Waals surface area (Å²) in [6.07, 6.45) is 2.24. The Bertz CT molecular complexity index is 814. The lowest BCUT2D eigenvalue weighted by atomic mass is 9.75. The minimum Gasteiger partial charge on any atom is -0.454 e. The van der Waals surface area contributed by atoms with Crippen LogP contribution in [0, 0.1) is 11.3 Å². The Morgan fingerprint density at radius 1 is 1.26 bits per heavy atom. The zero-order chi connectivity index (χ0) is 16.0. The van der Waals surface area contributed by atoms with E-state index in [-0.39, 0.29) is 18.5 Å². The van der Waals surface area contributed by atoms with Gasteiger partial charge < -0.3 is 14.8 Å². The van der Waals surface area contributed by atoms with Gasteiger partial charge in [-0.25, -0.2) is 0 Å². The Morgan fingerprint density at radius 3 is 2.91 bits per heavy atom. The molecule has 0 unspecified atom stereocenters. The van der Waals surface area contributed by atoms with Gasteiger partial charge in [-0.2, -0.15) is 5.26 Å². The Hall–Kier alpha value is -2.74. The summed E-state index contributed by atoms with van der Waals surface area (Å²) in [5.74, 6) is 1.17. The molecule has 5 nitrogen and oxygen atoms in total. The predicted molar refractivity (Wildman–Crippen MR) is 82.6 cm³/mol. The number of hydrogen-bond donors (Lipinski definition) is 1. The lowest BCUT2D eigenvalue weighted by molar-refractivity contribution is -0.116. The number of ketones is 1. The highest BCUT2D eigenvalue weighted by molar-refractivity contribution is 5.99. The lowest BCUT2D eigenvalue weighted by Gasteiger charge is -2.32. The monoisotopic (exact) mass is 308 g/mol. The lowest BCUT2D eigenvalue weighted by Crippen LogP contribution is -2.31. The molecule has 1 aliphatic carbocycles. The third kappa shape index (κ3) is 2.10. The number of carbonyl (C=O) groups excluding carboxylic acids is 1. The first-order chi connectivity index (χ1) is 11.2. The van der Waals surface area contributed by atoms with Crippen molar-refractivity contribution in [2.45, 2.75) is 32.1 Å². The molecule has 0 aromatic heterocycles. The molecule has 0 radical (unpaired) electrons. The maximum atomic E-state index is 12.5. The van der Waals surface area contributed by atoms with Crippen LogP contribution in [0.2, 0.25) is 0 Å². The minimum atomic E-state index is -0.321. The zero-order valence-electron chi connectivity index (χ0n) is 12.8. The zero-order valence-corrected chi connectivity index (χ0v) is 12.8. The first-order valence-corrected chi connectivity index (χ1v) is 7.72. The van der Waals surface area contributed by atoms with E-state index in [2.05, 4.69) is 11.4 Å². The molecular formula is C18H16N2O3. The highest BCUT2D eigenvalue weighted by atomic mass is 16.7. The van der Waals surface area contributed by atoms with Crippen LogP contribution in [-0.4, -0.2) is 12.6 Å². The molecule has 5 heteroatoms. The topological polar surface area (TPSA) is 71.3 Å². The quantitative estimate of drug-likeness (QED) is 0.863. The van der Waals surface area contributed by atoms with Gasteiger partial charge in [0.2, 0.25) is 6.79 Å². The molecule has 0 fully saturated rings. The van der Waals surface area contributed by atoms with Crippen molar-refractivity contribution in [1.82, 2.24) is 5.32 Å².